The summed E-state index contributed by atoms with van der Waals surface area (Å²) in [6.45, 7) is 2.80. The SMILES string of the molecule is CCN1NNN=C1c1c[nH]n(-c2ccc(OC)cc2)c1=S. The fourth-order valence-electron chi connectivity index (χ4n) is 2.14. The Labute approximate surface area is 127 Å². The summed E-state index contributed by atoms with van der Waals surface area (Å²) in [6, 6.07) is 7.68. The number of hydrazone groups is 1. The van der Waals surface area contributed by atoms with E-state index in [0.29, 0.717) is 4.64 Å². The number of rotatable bonds is 4. The molecular formula is C13H16N6OS. The van der Waals surface area contributed by atoms with Crippen molar-refractivity contribution in [1.29, 1.82) is 0 Å². The second-order valence-electron chi connectivity index (χ2n) is 4.43. The summed E-state index contributed by atoms with van der Waals surface area (Å²) < 4.78 is 7.66. The van der Waals surface area contributed by atoms with Crippen molar-refractivity contribution in [3.05, 3.63) is 40.7 Å². The topological polar surface area (TPSA) is 69.6 Å². The maximum atomic E-state index is 5.54. The minimum atomic E-state index is 0.669. The van der Waals surface area contributed by atoms with E-state index >= 15 is 0 Å². The van der Waals surface area contributed by atoms with Gasteiger partial charge in [0.15, 0.2) is 5.84 Å². The predicted molar refractivity (Wildman–Crippen MR) is 82.7 cm³/mol. The molecule has 1 aliphatic rings. The zero-order valence-electron chi connectivity index (χ0n) is 11.8. The van der Waals surface area contributed by atoms with Crippen LogP contribution in [0.4, 0.5) is 0 Å². The third-order valence-corrected chi connectivity index (χ3v) is 3.66. The zero-order chi connectivity index (χ0) is 14.8. The number of aromatic amines is 1. The van der Waals surface area contributed by atoms with E-state index in [1.54, 1.807) is 7.11 Å². The maximum absolute atomic E-state index is 5.54. The summed E-state index contributed by atoms with van der Waals surface area (Å²) in [5, 5.41) is 9.26. The summed E-state index contributed by atoms with van der Waals surface area (Å²) in [5.41, 5.74) is 7.48. The van der Waals surface area contributed by atoms with Gasteiger partial charge < -0.3 is 4.74 Å². The molecule has 0 spiro atoms. The number of hydrogen-bond acceptors (Lipinski definition) is 6. The van der Waals surface area contributed by atoms with Crippen molar-refractivity contribution in [2.24, 2.45) is 5.10 Å². The molecule has 1 aliphatic heterocycles. The van der Waals surface area contributed by atoms with E-state index < -0.39 is 0 Å². The van der Waals surface area contributed by atoms with Crippen molar-refractivity contribution < 1.29 is 4.74 Å². The van der Waals surface area contributed by atoms with Crippen LogP contribution in [0.5, 0.6) is 5.75 Å². The van der Waals surface area contributed by atoms with Gasteiger partial charge in [-0.3, -0.25) is 10.1 Å². The van der Waals surface area contributed by atoms with Gasteiger partial charge in [-0.05, 0) is 31.2 Å². The van der Waals surface area contributed by atoms with Crippen LogP contribution in [0.3, 0.4) is 0 Å². The van der Waals surface area contributed by atoms with Gasteiger partial charge in [-0.1, -0.05) is 12.2 Å². The van der Waals surface area contributed by atoms with E-state index in [1.807, 2.05) is 47.1 Å². The fourth-order valence-corrected chi connectivity index (χ4v) is 2.45. The summed E-state index contributed by atoms with van der Waals surface area (Å²) in [4.78, 5) is 0. The zero-order valence-corrected chi connectivity index (χ0v) is 12.6. The molecular weight excluding hydrogens is 288 g/mol. The second kappa shape index (κ2) is 5.58. The monoisotopic (exact) mass is 304 g/mol. The highest BCUT2D eigenvalue weighted by molar-refractivity contribution is 7.71. The largest absolute Gasteiger partial charge is 0.497 e. The summed E-state index contributed by atoms with van der Waals surface area (Å²) in [7, 11) is 1.64. The molecule has 0 aliphatic carbocycles. The number of methoxy groups -OCH3 is 1. The van der Waals surface area contributed by atoms with E-state index in [1.165, 1.54) is 0 Å². The third-order valence-electron chi connectivity index (χ3n) is 3.26. The first-order valence-corrected chi connectivity index (χ1v) is 6.96. The van der Waals surface area contributed by atoms with Crippen LogP contribution in [0.1, 0.15) is 12.5 Å². The van der Waals surface area contributed by atoms with E-state index in [2.05, 4.69) is 21.3 Å². The highest BCUT2D eigenvalue weighted by Gasteiger charge is 2.20. The number of hydrazine groups is 2. The highest BCUT2D eigenvalue weighted by Crippen LogP contribution is 2.17. The van der Waals surface area contributed by atoms with Crippen molar-refractivity contribution >= 4 is 18.1 Å². The van der Waals surface area contributed by atoms with Gasteiger partial charge in [0.05, 0.1) is 18.4 Å². The first kappa shape index (κ1) is 13.7. The molecule has 8 heteroatoms. The lowest BCUT2D eigenvalue weighted by molar-refractivity contribution is 0.308. The Hall–Kier alpha value is -2.32. The number of H-pyrrole nitrogens is 1. The lowest BCUT2D eigenvalue weighted by Crippen LogP contribution is -2.40. The Kier molecular flexibility index (Phi) is 3.63. The average Bonchev–Trinajstić information content (AvgIpc) is 3.13. The van der Waals surface area contributed by atoms with E-state index in [0.717, 1.165) is 29.4 Å². The smallest absolute Gasteiger partial charge is 0.177 e. The lowest BCUT2D eigenvalue weighted by atomic mass is 10.3. The highest BCUT2D eigenvalue weighted by atomic mass is 32.1. The van der Waals surface area contributed by atoms with Gasteiger partial charge in [0, 0.05) is 12.7 Å². The average molecular weight is 304 g/mol. The van der Waals surface area contributed by atoms with Crippen LogP contribution >= 0.6 is 12.2 Å². The lowest BCUT2D eigenvalue weighted by Gasteiger charge is -2.14. The Morgan fingerprint density at radius 1 is 1.29 bits per heavy atom. The molecule has 1 aromatic heterocycles. The Morgan fingerprint density at radius 3 is 2.71 bits per heavy atom. The van der Waals surface area contributed by atoms with Crippen LogP contribution < -0.4 is 15.8 Å². The van der Waals surface area contributed by atoms with Gasteiger partial charge in [0.2, 0.25) is 0 Å². The Morgan fingerprint density at radius 2 is 2.05 bits per heavy atom. The number of ether oxygens (including phenoxy) is 1. The molecule has 7 nitrogen and oxygen atoms in total. The standard InChI is InChI=1S/C13H16N6OS/c1-3-18-12(15-16-17-18)11-8-14-19(13(11)21)9-4-6-10(20-2)7-5-9/h4-8,14,16-17H,3H2,1-2H3. The molecule has 0 atom stereocenters. The fraction of sp³-hybridized carbons (Fsp3) is 0.231. The molecule has 0 unspecified atom stereocenters. The maximum Gasteiger partial charge on any atom is 0.177 e. The van der Waals surface area contributed by atoms with Gasteiger partial charge in [-0.25, -0.2) is 10.2 Å². The van der Waals surface area contributed by atoms with Crippen molar-refractivity contribution in [1.82, 2.24) is 25.9 Å². The normalized spacial score (nSPS) is 14.0. The van der Waals surface area contributed by atoms with Crippen molar-refractivity contribution in [3.8, 4) is 11.4 Å². The van der Waals surface area contributed by atoms with E-state index in [4.69, 9.17) is 17.0 Å². The van der Waals surface area contributed by atoms with Crippen LogP contribution in [-0.2, 0) is 0 Å². The number of nitrogens with zero attached hydrogens (tertiary/aromatic N) is 3. The first-order chi connectivity index (χ1) is 10.2. The van der Waals surface area contributed by atoms with Crippen LogP contribution in [0.15, 0.2) is 35.6 Å². The van der Waals surface area contributed by atoms with Gasteiger partial charge in [0.1, 0.15) is 10.4 Å². The van der Waals surface area contributed by atoms with Crippen LogP contribution in [-0.4, -0.2) is 34.3 Å². The molecule has 3 rings (SSSR count). The number of aromatic nitrogens is 2. The third kappa shape index (κ3) is 2.39. The molecule has 21 heavy (non-hydrogen) atoms. The molecule has 0 saturated carbocycles. The van der Waals surface area contributed by atoms with Gasteiger partial charge >= 0.3 is 0 Å². The molecule has 0 saturated heterocycles. The van der Waals surface area contributed by atoms with Crippen LogP contribution in [0.2, 0.25) is 0 Å². The summed E-state index contributed by atoms with van der Waals surface area (Å²) in [5.74, 6) is 1.58. The Balaban J connectivity index is 1.97. The first-order valence-electron chi connectivity index (χ1n) is 6.55. The van der Waals surface area contributed by atoms with Crippen molar-refractivity contribution in [2.75, 3.05) is 13.7 Å². The van der Waals surface area contributed by atoms with Crippen molar-refractivity contribution in [3.63, 3.8) is 0 Å². The van der Waals surface area contributed by atoms with E-state index in [9.17, 15) is 0 Å². The van der Waals surface area contributed by atoms with Crippen LogP contribution in [0, 0.1) is 4.64 Å². The molecule has 2 aromatic rings. The predicted octanol–water partition coefficient (Wildman–Crippen LogP) is 1.55. The Bertz CT molecular complexity index is 717. The van der Waals surface area contributed by atoms with Gasteiger partial charge in [-0.2, -0.15) is 0 Å². The number of benzene rings is 1. The second-order valence-corrected chi connectivity index (χ2v) is 4.82. The molecule has 0 fully saturated rings. The number of amidine groups is 1. The minimum absolute atomic E-state index is 0.669. The van der Waals surface area contributed by atoms with Gasteiger partial charge in [-0.15, -0.1) is 10.6 Å². The number of hydrogen-bond donors (Lipinski definition) is 3. The molecule has 0 bridgehead atoms. The summed E-state index contributed by atoms with van der Waals surface area (Å²) in [6.07, 6.45) is 1.85. The van der Waals surface area contributed by atoms with E-state index in [-0.39, 0.29) is 0 Å². The molecule has 2 heterocycles. The van der Waals surface area contributed by atoms with Crippen LogP contribution in [0.25, 0.3) is 5.69 Å². The molecule has 0 amide bonds. The van der Waals surface area contributed by atoms with Crippen molar-refractivity contribution in [2.45, 2.75) is 6.92 Å². The molecule has 0 radical (unpaired) electrons. The molecule has 1 aromatic carbocycles. The number of nitrogens with one attached hydrogen (secondary N) is 3. The summed E-state index contributed by atoms with van der Waals surface area (Å²) >= 11 is 5.54. The molecule has 3 N–H and O–H groups in total. The van der Waals surface area contributed by atoms with Gasteiger partial charge in [0.25, 0.3) is 0 Å². The quantitative estimate of drug-likeness (QED) is 0.748. The minimum Gasteiger partial charge on any atom is -0.497 e. The molecule has 110 valence electrons.